The monoisotopic (exact) mass is 287 g/mol. The summed E-state index contributed by atoms with van der Waals surface area (Å²) in [4.78, 5) is 26.5. The van der Waals surface area contributed by atoms with E-state index in [1.54, 1.807) is 31.0 Å². The third-order valence-corrected chi connectivity index (χ3v) is 3.55. The molecule has 0 aromatic heterocycles. The van der Waals surface area contributed by atoms with E-state index in [9.17, 15) is 9.59 Å². The molecule has 1 heterocycles. The van der Waals surface area contributed by atoms with Crippen LogP contribution < -0.4 is 4.90 Å². The van der Waals surface area contributed by atoms with Gasteiger partial charge in [0.15, 0.2) is 0 Å². The lowest BCUT2D eigenvalue weighted by atomic mass is 10.1. The van der Waals surface area contributed by atoms with Crippen molar-refractivity contribution in [2.45, 2.75) is 13.3 Å². The number of hydrogen-bond acceptors (Lipinski definition) is 3. The van der Waals surface area contributed by atoms with Gasteiger partial charge in [0.05, 0.1) is 17.6 Å². The summed E-state index contributed by atoms with van der Waals surface area (Å²) in [5, 5.41) is 17.8. The molecule has 1 aliphatic rings. The van der Waals surface area contributed by atoms with Crippen molar-refractivity contribution in [3.63, 3.8) is 0 Å². The fourth-order valence-electron chi connectivity index (χ4n) is 2.47. The predicted octanol–water partition coefficient (Wildman–Crippen LogP) is 1.96. The van der Waals surface area contributed by atoms with Gasteiger partial charge in [0.25, 0.3) is 0 Å². The first-order chi connectivity index (χ1) is 9.93. The van der Waals surface area contributed by atoms with Crippen LogP contribution in [0.15, 0.2) is 18.2 Å². The van der Waals surface area contributed by atoms with Gasteiger partial charge in [-0.25, -0.2) is 9.59 Å². The highest BCUT2D eigenvalue weighted by atomic mass is 16.4. The van der Waals surface area contributed by atoms with Crippen LogP contribution in [0.3, 0.4) is 0 Å². The highest BCUT2D eigenvalue weighted by molar-refractivity contribution is 5.95. The number of hydrogen-bond donors (Lipinski definition) is 1. The molecule has 21 heavy (non-hydrogen) atoms. The summed E-state index contributed by atoms with van der Waals surface area (Å²) in [6.07, 6.45) is 0.643. The van der Waals surface area contributed by atoms with Gasteiger partial charge in [-0.2, -0.15) is 5.26 Å². The molecule has 1 N–H and O–H groups in total. The number of urea groups is 1. The van der Waals surface area contributed by atoms with Gasteiger partial charge in [-0.1, -0.05) is 0 Å². The Bertz CT molecular complexity index is 621. The van der Waals surface area contributed by atoms with E-state index in [0.717, 1.165) is 11.3 Å². The summed E-state index contributed by atoms with van der Waals surface area (Å²) < 4.78 is 0. The van der Waals surface area contributed by atoms with Crippen molar-refractivity contribution in [1.82, 2.24) is 4.90 Å². The fraction of sp³-hybridized carbons (Fsp3) is 0.400. The maximum atomic E-state index is 12.4. The highest BCUT2D eigenvalue weighted by Gasteiger charge is 2.28. The summed E-state index contributed by atoms with van der Waals surface area (Å²) >= 11 is 0. The number of fused-ring (bicyclic) bond motifs is 1. The molecule has 6 heteroatoms. The average molecular weight is 287 g/mol. The van der Waals surface area contributed by atoms with Crippen LogP contribution in [0.5, 0.6) is 0 Å². The van der Waals surface area contributed by atoms with E-state index in [-0.39, 0.29) is 17.5 Å². The Morgan fingerprint density at radius 1 is 1.52 bits per heavy atom. The second kappa shape index (κ2) is 5.83. The van der Waals surface area contributed by atoms with Crippen molar-refractivity contribution >= 4 is 17.7 Å². The van der Waals surface area contributed by atoms with Crippen molar-refractivity contribution in [3.05, 3.63) is 29.3 Å². The number of anilines is 1. The van der Waals surface area contributed by atoms with E-state index in [1.165, 1.54) is 11.0 Å². The second-order valence-corrected chi connectivity index (χ2v) is 5.24. The molecule has 2 rings (SSSR count). The number of carbonyl (C=O) groups is 2. The van der Waals surface area contributed by atoms with E-state index in [1.807, 2.05) is 0 Å². The van der Waals surface area contributed by atoms with E-state index >= 15 is 0 Å². The second-order valence-electron chi connectivity index (χ2n) is 5.24. The van der Waals surface area contributed by atoms with Crippen molar-refractivity contribution < 1.29 is 14.7 Å². The summed E-state index contributed by atoms with van der Waals surface area (Å²) in [6.45, 7) is 2.66. The van der Waals surface area contributed by atoms with Gasteiger partial charge in [0, 0.05) is 25.8 Å². The number of carboxylic acids is 1. The standard InChI is InChI=1S/C15H17N3O3/c1-10(8-16)9-17(2)15(21)18-6-5-11-7-12(14(19)20)3-4-13(11)18/h3-4,7,10H,5-6,9H2,1-2H3,(H,19,20). The molecule has 0 saturated carbocycles. The van der Waals surface area contributed by atoms with Crippen LogP contribution in [0, 0.1) is 17.2 Å². The van der Waals surface area contributed by atoms with Gasteiger partial charge >= 0.3 is 12.0 Å². The molecule has 110 valence electrons. The molecular formula is C15H17N3O3. The van der Waals surface area contributed by atoms with Gasteiger partial charge in [-0.3, -0.25) is 4.90 Å². The van der Waals surface area contributed by atoms with Crippen LogP contribution in [-0.2, 0) is 6.42 Å². The van der Waals surface area contributed by atoms with Gasteiger partial charge in [-0.15, -0.1) is 0 Å². The molecule has 6 nitrogen and oxygen atoms in total. The van der Waals surface area contributed by atoms with Gasteiger partial charge in [0.1, 0.15) is 0 Å². The Morgan fingerprint density at radius 3 is 2.86 bits per heavy atom. The molecule has 2 amide bonds. The SMILES string of the molecule is CC(C#N)CN(C)C(=O)N1CCc2cc(C(=O)O)ccc21. The van der Waals surface area contributed by atoms with Crippen LogP contribution in [0.25, 0.3) is 0 Å². The Kier molecular flexibility index (Phi) is 4.13. The van der Waals surface area contributed by atoms with Gasteiger partial charge in [0.2, 0.25) is 0 Å². The zero-order valence-electron chi connectivity index (χ0n) is 12.0. The topological polar surface area (TPSA) is 84.6 Å². The number of carbonyl (C=O) groups excluding carboxylic acids is 1. The minimum atomic E-state index is -0.970. The van der Waals surface area contributed by atoms with E-state index < -0.39 is 5.97 Å². The van der Waals surface area contributed by atoms with Crippen LogP contribution in [0.2, 0.25) is 0 Å². The Balaban J connectivity index is 2.17. The van der Waals surface area contributed by atoms with Crippen LogP contribution >= 0.6 is 0 Å². The van der Waals surface area contributed by atoms with Gasteiger partial charge < -0.3 is 10.0 Å². The third-order valence-electron chi connectivity index (χ3n) is 3.55. The minimum Gasteiger partial charge on any atom is -0.478 e. The molecule has 0 aliphatic carbocycles. The maximum Gasteiger partial charge on any atom is 0.335 e. The number of amides is 2. The molecule has 0 radical (unpaired) electrons. The molecule has 0 bridgehead atoms. The largest absolute Gasteiger partial charge is 0.478 e. The molecule has 1 unspecified atom stereocenters. The number of benzene rings is 1. The van der Waals surface area contributed by atoms with Crippen molar-refractivity contribution in [2.75, 3.05) is 25.0 Å². The molecule has 1 aliphatic heterocycles. The smallest absolute Gasteiger partial charge is 0.335 e. The number of rotatable bonds is 3. The Morgan fingerprint density at radius 2 is 2.24 bits per heavy atom. The molecule has 0 spiro atoms. The quantitative estimate of drug-likeness (QED) is 0.921. The first kappa shape index (κ1) is 14.9. The molecule has 1 atom stereocenters. The maximum absolute atomic E-state index is 12.4. The zero-order chi connectivity index (χ0) is 15.6. The molecule has 1 aromatic carbocycles. The normalized spacial score (nSPS) is 14.2. The molecule has 0 fully saturated rings. The number of carboxylic acid groups (broad SMARTS) is 1. The fourth-order valence-corrected chi connectivity index (χ4v) is 2.47. The van der Waals surface area contributed by atoms with E-state index in [4.69, 9.17) is 10.4 Å². The summed E-state index contributed by atoms with van der Waals surface area (Å²) in [5.41, 5.74) is 1.85. The first-order valence-electron chi connectivity index (χ1n) is 6.72. The third kappa shape index (κ3) is 2.97. The lowest BCUT2D eigenvalue weighted by molar-refractivity contribution is 0.0697. The summed E-state index contributed by atoms with van der Waals surface area (Å²) in [6, 6.07) is 6.73. The Hall–Kier alpha value is -2.55. The summed E-state index contributed by atoms with van der Waals surface area (Å²) in [5.74, 6) is -1.20. The number of nitrogens with zero attached hydrogens (tertiary/aromatic N) is 3. The predicted molar refractivity (Wildman–Crippen MR) is 77.3 cm³/mol. The van der Waals surface area contributed by atoms with Crippen LogP contribution in [0.4, 0.5) is 10.5 Å². The summed E-state index contributed by atoms with van der Waals surface area (Å²) in [7, 11) is 1.67. The van der Waals surface area contributed by atoms with Gasteiger partial charge in [-0.05, 0) is 37.1 Å². The first-order valence-corrected chi connectivity index (χ1v) is 6.72. The number of nitriles is 1. The van der Waals surface area contributed by atoms with Crippen molar-refractivity contribution in [3.8, 4) is 6.07 Å². The van der Waals surface area contributed by atoms with Crippen molar-refractivity contribution in [1.29, 1.82) is 5.26 Å². The molecule has 1 aromatic rings. The van der Waals surface area contributed by atoms with Crippen molar-refractivity contribution in [2.24, 2.45) is 5.92 Å². The lowest BCUT2D eigenvalue weighted by Gasteiger charge is -2.25. The number of aromatic carboxylic acids is 1. The molecular weight excluding hydrogens is 270 g/mol. The highest BCUT2D eigenvalue weighted by Crippen LogP contribution is 2.29. The molecule has 0 saturated heterocycles. The van der Waals surface area contributed by atoms with Crippen LogP contribution in [0.1, 0.15) is 22.8 Å². The van der Waals surface area contributed by atoms with E-state index in [2.05, 4.69) is 6.07 Å². The minimum absolute atomic E-state index is 0.168. The van der Waals surface area contributed by atoms with Crippen LogP contribution in [-0.4, -0.2) is 42.1 Å². The lowest BCUT2D eigenvalue weighted by Crippen LogP contribution is -2.42. The Labute approximate surface area is 123 Å². The van der Waals surface area contributed by atoms with E-state index in [0.29, 0.717) is 19.5 Å². The zero-order valence-corrected chi connectivity index (χ0v) is 12.0. The average Bonchev–Trinajstić information content (AvgIpc) is 2.88.